The summed E-state index contributed by atoms with van der Waals surface area (Å²) in [5.41, 5.74) is 0.477. The Balaban J connectivity index is 2.41. The van der Waals surface area contributed by atoms with Crippen LogP contribution >= 0.6 is 35.0 Å². The van der Waals surface area contributed by atoms with Gasteiger partial charge in [-0.1, -0.05) is 23.2 Å². The number of benzene rings is 1. The highest BCUT2D eigenvalue weighted by Crippen LogP contribution is 2.25. The van der Waals surface area contributed by atoms with Crippen molar-refractivity contribution in [1.29, 1.82) is 0 Å². The first-order valence-corrected chi connectivity index (χ1v) is 8.49. The van der Waals surface area contributed by atoms with E-state index in [0.29, 0.717) is 34.6 Å². The molecule has 21 heavy (non-hydrogen) atoms. The van der Waals surface area contributed by atoms with Gasteiger partial charge in [0.05, 0.1) is 22.2 Å². The second-order valence-electron chi connectivity index (χ2n) is 4.23. The van der Waals surface area contributed by atoms with Gasteiger partial charge in [-0.2, -0.15) is 0 Å². The summed E-state index contributed by atoms with van der Waals surface area (Å²) in [4.78, 5) is 25.3. The Bertz CT molecular complexity index is 508. The van der Waals surface area contributed by atoms with Crippen LogP contribution in [0.25, 0.3) is 0 Å². The Morgan fingerprint density at radius 1 is 1.19 bits per heavy atom. The minimum atomic E-state index is -0.212. The first-order chi connectivity index (χ1) is 9.97. The lowest BCUT2D eigenvalue weighted by Crippen LogP contribution is -2.32. The third-order valence-corrected chi connectivity index (χ3v) is 4.26. The number of nitrogens with zero attached hydrogens (tertiary/aromatic N) is 1. The molecule has 0 bridgehead atoms. The maximum Gasteiger partial charge on any atom is 0.234 e. The number of hydrogen-bond donors (Lipinski definition) is 1. The number of halogens is 2. The Labute approximate surface area is 139 Å². The van der Waals surface area contributed by atoms with E-state index < -0.39 is 0 Å². The fourth-order valence-electron chi connectivity index (χ4n) is 1.68. The summed E-state index contributed by atoms with van der Waals surface area (Å²) in [6, 6.07) is 4.86. The van der Waals surface area contributed by atoms with Crippen molar-refractivity contribution < 1.29 is 9.59 Å². The van der Waals surface area contributed by atoms with Crippen molar-refractivity contribution in [1.82, 2.24) is 4.90 Å². The zero-order valence-electron chi connectivity index (χ0n) is 12.0. The van der Waals surface area contributed by atoms with E-state index in [-0.39, 0.29) is 17.6 Å². The topological polar surface area (TPSA) is 49.4 Å². The Morgan fingerprint density at radius 3 is 2.48 bits per heavy atom. The van der Waals surface area contributed by atoms with Crippen LogP contribution in [0.2, 0.25) is 10.0 Å². The van der Waals surface area contributed by atoms with E-state index in [9.17, 15) is 9.59 Å². The molecule has 7 heteroatoms. The standard InChI is InChI=1S/C14H18Cl2N2O2S/c1-3-18(4-2)14(20)9-21-8-13(19)17-12-7-10(15)5-6-11(12)16/h5-7H,3-4,8-9H2,1-2H3,(H,17,19). The van der Waals surface area contributed by atoms with Crippen molar-refractivity contribution in [2.75, 3.05) is 29.9 Å². The summed E-state index contributed by atoms with van der Waals surface area (Å²) in [7, 11) is 0. The van der Waals surface area contributed by atoms with E-state index in [1.165, 1.54) is 11.8 Å². The second kappa shape index (κ2) is 9.18. The maximum absolute atomic E-state index is 11.8. The molecule has 1 N–H and O–H groups in total. The molecule has 0 aliphatic rings. The molecule has 0 saturated carbocycles. The molecular weight excluding hydrogens is 331 g/mol. The third kappa shape index (κ3) is 6.16. The molecule has 0 radical (unpaired) electrons. The van der Waals surface area contributed by atoms with Gasteiger partial charge in [-0.3, -0.25) is 9.59 Å². The van der Waals surface area contributed by atoms with E-state index in [2.05, 4.69) is 5.32 Å². The van der Waals surface area contributed by atoms with Gasteiger partial charge in [-0.25, -0.2) is 0 Å². The molecule has 0 atom stereocenters. The zero-order valence-corrected chi connectivity index (χ0v) is 14.3. The highest BCUT2D eigenvalue weighted by molar-refractivity contribution is 8.00. The van der Waals surface area contributed by atoms with E-state index in [0.717, 1.165) is 0 Å². The summed E-state index contributed by atoms with van der Waals surface area (Å²) in [5.74, 6) is 0.309. The maximum atomic E-state index is 11.8. The molecule has 0 aliphatic heterocycles. The van der Waals surface area contributed by atoms with E-state index >= 15 is 0 Å². The highest BCUT2D eigenvalue weighted by atomic mass is 35.5. The van der Waals surface area contributed by atoms with Crippen molar-refractivity contribution >= 4 is 52.5 Å². The average Bonchev–Trinajstić information content (AvgIpc) is 2.44. The number of carbonyl (C=O) groups excluding carboxylic acids is 2. The van der Waals surface area contributed by atoms with Crippen LogP contribution in [-0.2, 0) is 9.59 Å². The number of anilines is 1. The molecule has 0 fully saturated rings. The molecular formula is C14H18Cl2N2O2S. The SMILES string of the molecule is CCN(CC)C(=O)CSCC(=O)Nc1cc(Cl)ccc1Cl. The molecule has 0 spiro atoms. The summed E-state index contributed by atoms with van der Waals surface area (Å²) < 4.78 is 0. The van der Waals surface area contributed by atoms with E-state index in [4.69, 9.17) is 23.2 Å². The fraction of sp³-hybridized carbons (Fsp3) is 0.429. The molecule has 116 valence electrons. The van der Waals surface area contributed by atoms with Crippen molar-refractivity contribution in [2.45, 2.75) is 13.8 Å². The predicted octanol–water partition coefficient (Wildman–Crippen LogP) is 3.53. The first-order valence-electron chi connectivity index (χ1n) is 6.58. The van der Waals surface area contributed by atoms with Gasteiger partial charge in [-0.15, -0.1) is 11.8 Å². The molecule has 4 nitrogen and oxygen atoms in total. The van der Waals surface area contributed by atoms with Gasteiger partial charge in [0, 0.05) is 18.1 Å². The minimum absolute atomic E-state index is 0.0404. The minimum Gasteiger partial charge on any atom is -0.343 e. The van der Waals surface area contributed by atoms with Crippen LogP contribution in [0.15, 0.2) is 18.2 Å². The number of amides is 2. The summed E-state index contributed by atoms with van der Waals surface area (Å²) in [5, 5.41) is 3.61. The molecule has 2 amide bonds. The van der Waals surface area contributed by atoms with Gasteiger partial charge in [0.1, 0.15) is 0 Å². The molecule has 1 rings (SSSR count). The summed E-state index contributed by atoms with van der Waals surface area (Å²) in [6.45, 7) is 5.22. The van der Waals surface area contributed by atoms with Crippen molar-refractivity contribution in [2.24, 2.45) is 0 Å². The number of rotatable bonds is 7. The Kier molecular flexibility index (Phi) is 7.93. The molecule has 0 unspecified atom stereocenters. The molecule has 0 saturated heterocycles. The van der Waals surface area contributed by atoms with Crippen LogP contribution in [-0.4, -0.2) is 41.3 Å². The molecule has 0 aromatic heterocycles. The smallest absolute Gasteiger partial charge is 0.234 e. The highest BCUT2D eigenvalue weighted by Gasteiger charge is 2.11. The van der Waals surface area contributed by atoms with E-state index in [1.807, 2.05) is 13.8 Å². The fourth-order valence-corrected chi connectivity index (χ4v) is 2.73. The Morgan fingerprint density at radius 2 is 1.86 bits per heavy atom. The lowest BCUT2D eigenvalue weighted by Gasteiger charge is -2.18. The largest absolute Gasteiger partial charge is 0.343 e. The third-order valence-electron chi connectivity index (χ3n) is 2.78. The van der Waals surface area contributed by atoms with Gasteiger partial charge in [0.2, 0.25) is 11.8 Å². The lowest BCUT2D eigenvalue weighted by molar-refractivity contribution is -0.127. The van der Waals surface area contributed by atoms with Crippen LogP contribution in [0.3, 0.4) is 0 Å². The van der Waals surface area contributed by atoms with Gasteiger partial charge < -0.3 is 10.2 Å². The summed E-state index contributed by atoms with van der Waals surface area (Å²) in [6.07, 6.45) is 0. The van der Waals surface area contributed by atoms with Gasteiger partial charge in [0.25, 0.3) is 0 Å². The molecule has 1 aromatic carbocycles. The Hall–Kier alpha value is -0.910. The van der Waals surface area contributed by atoms with Gasteiger partial charge in [-0.05, 0) is 32.0 Å². The number of thioether (sulfide) groups is 1. The average molecular weight is 349 g/mol. The van der Waals surface area contributed by atoms with Gasteiger partial charge in [0.15, 0.2) is 0 Å². The van der Waals surface area contributed by atoms with Crippen LogP contribution in [0.1, 0.15) is 13.8 Å². The van der Waals surface area contributed by atoms with Crippen LogP contribution < -0.4 is 5.32 Å². The van der Waals surface area contributed by atoms with Gasteiger partial charge >= 0.3 is 0 Å². The van der Waals surface area contributed by atoms with Crippen LogP contribution in [0, 0.1) is 0 Å². The quantitative estimate of drug-likeness (QED) is 0.819. The number of hydrogen-bond acceptors (Lipinski definition) is 3. The number of nitrogens with one attached hydrogen (secondary N) is 1. The zero-order chi connectivity index (χ0) is 15.8. The van der Waals surface area contributed by atoms with Crippen molar-refractivity contribution in [3.8, 4) is 0 Å². The molecule has 0 aliphatic carbocycles. The first kappa shape index (κ1) is 18.1. The molecule has 1 aromatic rings. The lowest BCUT2D eigenvalue weighted by atomic mass is 10.3. The van der Waals surface area contributed by atoms with Crippen molar-refractivity contribution in [3.05, 3.63) is 28.2 Å². The van der Waals surface area contributed by atoms with Crippen molar-refractivity contribution in [3.63, 3.8) is 0 Å². The number of carbonyl (C=O) groups is 2. The normalized spacial score (nSPS) is 10.3. The van der Waals surface area contributed by atoms with Crippen LogP contribution in [0.4, 0.5) is 5.69 Å². The summed E-state index contributed by atoms with van der Waals surface area (Å²) >= 11 is 13.1. The molecule has 0 heterocycles. The second-order valence-corrected chi connectivity index (χ2v) is 6.06. The monoisotopic (exact) mass is 348 g/mol. The van der Waals surface area contributed by atoms with E-state index in [1.54, 1.807) is 23.1 Å². The predicted molar refractivity (Wildman–Crippen MR) is 90.3 cm³/mol. The van der Waals surface area contributed by atoms with Crippen LogP contribution in [0.5, 0.6) is 0 Å².